The van der Waals surface area contributed by atoms with Crippen LogP contribution in [0, 0.1) is 35.2 Å². The van der Waals surface area contributed by atoms with E-state index in [2.05, 4.69) is 13.0 Å². The van der Waals surface area contributed by atoms with E-state index in [1.807, 2.05) is 31.2 Å². The molecule has 1 saturated carbocycles. The van der Waals surface area contributed by atoms with Gasteiger partial charge in [0.1, 0.15) is 5.82 Å². The third-order valence-electron chi connectivity index (χ3n) is 10.1. The van der Waals surface area contributed by atoms with Crippen LogP contribution >= 0.6 is 0 Å². The Hall–Kier alpha value is -3.07. The molecule has 2 aliphatic rings. The number of hydrogen-bond acceptors (Lipinski definition) is 0. The van der Waals surface area contributed by atoms with Gasteiger partial charge in [-0.3, -0.25) is 0 Å². The van der Waals surface area contributed by atoms with E-state index >= 15 is 4.39 Å². The summed E-state index contributed by atoms with van der Waals surface area (Å²) in [6.07, 6.45) is 21.8. The Morgan fingerprint density at radius 3 is 2.09 bits per heavy atom. The van der Waals surface area contributed by atoms with Gasteiger partial charge in [-0.1, -0.05) is 112 Å². The van der Waals surface area contributed by atoms with E-state index < -0.39 is 11.6 Å². The van der Waals surface area contributed by atoms with Crippen LogP contribution in [0.4, 0.5) is 13.2 Å². The Labute approximate surface area is 257 Å². The monoisotopic (exact) mass is 584 g/mol. The van der Waals surface area contributed by atoms with E-state index in [9.17, 15) is 8.78 Å². The summed E-state index contributed by atoms with van der Waals surface area (Å²) < 4.78 is 45.0. The van der Waals surface area contributed by atoms with Crippen molar-refractivity contribution in [1.29, 1.82) is 0 Å². The van der Waals surface area contributed by atoms with E-state index in [4.69, 9.17) is 0 Å². The number of unbranched alkanes of at least 4 members (excludes halogenated alkanes) is 2. The van der Waals surface area contributed by atoms with Gasteiger partial charge in [-0.15, -0.1) is 0 Å². The lowest BCUT2D eigenvalue weighted by Crippen LogP contribution is -2.23. The second-order valence-electron chi connectivity index (χ2n) is 12.8. The number of aryl methyl sites for hydroxylation is 1. The number of hydrogen-bond donors (Lipinski definition) is 0. The Bertz CT molecular complexity index is 1410. The third-order valence-corrected chi connectivity index (χ3v) is 10.1. The van der Waals surface area contributed by atoms with Crippen LogP contribution in [0.15, 0.2) is 72.8 Å². The highest BCUT2D eigenvalue weighted by molar-refractivity contribution is 5.74. The van der Waals surface area contributed by atoms with Crippen LogP contribution in [0.2, 0.25) is 0 Å². The number of allylic oxidation sites excluding steroid dienone is 4. The van der Waals surface area contributed by atoms with Gasteiger partial charge in [0.05, 0.1) is 0 Å². The van der Waals surface area contributed by atoms with E-state index in [1.54, 1.807) is 42.5 Å². The Kier molecular flexibility index (Phi) is 11.0. The fourth-order valence-electron chi connectivity index (χ4n) is 7.37. The first-order valence-electron chi connectivity index (χ1n) is 16.7. The molecule has 1 fully saturated rings. The predicted octanol–water partition coefficient (Wildman–Crippen LogP) is 12.5. The van der Waals surface area contributed by atoms with E-state index in [1.165, 1.54) is 63.4 Å². The molecule has 0 heterocycles. The van der Waals surface area contributed by atoms with Gasteiger partial charge in [-0.25, -0.2) is 13.2 Å². The minimum absolute atomic E-state index is 0.220. The van der Waals surface area contributed by atoms with Crippen molar-refractivity contribution >= 4 is 5.57 Å². The second kappa shape index (κ2) is 15.1. The Balaban J connectivity index is 1.20. The molecule has 0 aliphatic heterocycles. The fraction of sp³-hybridized carbons (Fsp3) is 0.450. The zero-order chi connectivity index (χ0) is 30.2. The molecule has 1 atom stereocenters. The topological polar surface area (TPSA) is 0 Å². The maximum absolute atomic E-state index is 15.4. The lowest BCUT2D eigenvalue weighted by molar-refractivity contribution is 0.187. The number of benzene rings is 3. The molecule has 0 bridgehead atoms. The summed E-state index contributed by atoms with van der Waals surface area (Å²) in [6.45, 7) is 4.19. The van der Waals surface area contributed by atoms with Crippen molar-refractivity contribution in [3.63, 3.8) is 0 Å². The summed E-state index contributed by atoms with van der Waals surface area (Å²) >= 11 is 0. The molecule has 43 heavy (non-hydrogen) atoms. The largest absolute Gasteiger partial charge is 0.206 e. The van der Waals surface area contributed by atoms with Crippen molar-refractivity contribution < 1.29 is 13.2 Å². The predicted molar refractivity (Wildman–Crippen MR) is 175 cm³/mol. The van der Waals surface area contributed by atoms with Gasteiger partial charge >= 0.3 is 0 Å². The van der Waals surface area contributed by atoms with Crippen molar-refractivity contribution in [3.05, 3.63) is 101 Å². The maximum atomic E-state index is 15.4. The van der Waals surface area contributed by atoms with Gasteiger partial charge in [0.25, 0.3) is 0 Å². The molecule has 2 aliphatic carbocycles. The minimum Gasteiger partial charge on any atom is -0.206 e. The third kappa shape index (κ3) is 7.72. The van der Waals surface area contributed by atoms with Crippen LogP contribution in [0.3, 0.4) is 0 Å². The van der Waals surface area contributed by atoms with E-state index in [0.717, 1.165) is 41.7 Å². The van der Waals surface area contributed by atoms with Crippen molar-refractivity contribution in [2.24, 2.45) is 17.8 Å². The second-order valence-corrected chi connectivity index (χ2v) is 12.8. The number of rotatable bonds is 11. The molecule has 0 nitrogen and oxygen atoms in total. The average Bonchev–Trinajstić information content (AvgIpc) is 3.04. The quantitative estimate of drug-likeness (QED) is 0.155. The van der Waals surface area contributed by atoms with Gasteiger partial charge in [0.2, 0.25) is 0 Å². The van der Waals surface area contributed by atoms with Gasteiger partial charge in [0.15, 0.2) is 11.6 Å². The Morgan fingerprint density at radius 2 is 1.44 bits per heavy atom. The van der Waals surface area contributed by atoms with Crippen LogP contribution in [-0.4, -0.2) is 0 Å². The summed E-state index contributed by atoms with van der Waals surface area (Å²) in [4.78, 5) is 0. The van der Waals surface area contributed by atoms with Gasteiger partial charge < -0.3 is 0 Å². The molecule has 228 valence electrons. The minimum atomic E-state index is -0.834. The molecule has 3 aromatic carbocycles. The number of halogens is 3. The SMILES string of the molecule is CC=CCCc1ccc(-c2ccc(-c3ccc(C4=CCC(C5CCC(CCCCC)CC5)CC4)cc3F)cc2)c(F)c1F. The van der Waals surface area contributed by atoms with Crippen molar-refractivity contribution in [2.45, 2.75) is 97.3 Å². The normalized spacial score (nSPS) is 20.9. The van der Waals surface area contributed by atoms with Gasteiger partial charge in [-0.2, -0.15) is 0 Å². The molecular formula is C40H47F3. The zero-order valence-corrected chi connectivity index (χ0v) is 26.0. The van der Waals surface area contributed by atoms with Gasteiger partial charge in [0, 0.05) is 11.1 Å². The Morgan fingerprint density at radius 1 is 0.744 bits per heavy atom. The molecule has 0 N–H and O–H groups in total. The standard InChI is InChI=1S/C40H47F3/c1-3-5-7-9-28-11-13-29(14-12-28)30-15-17-31(18-16-30)35-24-25-36(38(41)27-35)32-19-21-33(22-20-32)37-26-23-34(10-8-6-4-2)39(42)40(37)43/h4,6,17,19-30H,3,5,7-16,18H2,1-2H3. The average molecular weight is 585 g/mol. The van der Waals surface area contributed by atoms with Crippen LogP contribution in [0.25, 0.3) is 27.8 Å². The van der Waals surface area contributed by atoms with Crippen molar-refractivity contribution in [1.82, 2.24) is 0 Å². The first-order valence-corrected chi connectivity index (χ1v) is 16.7. The highest BCUT2D eigenvalue weighted by atomic mass is 19.2. The summed E-state index contributed by atoms with van der Waals surface area (Å²) in [5, 5.41) is 0. The molecular weight excluding hydrogens is 537 g/mol. The summed E-state index contributed by atoms with van der Waals surface area (Å²) in [5.41, 5.74) is 4.65. The lowest BCUT2D eigenvalue weighted by Gasteiger charge is -2.35. The smallest absolute Gasteiger partial charge is 0.166 e. The van der Waals surface area contributed by atoms with Crippen molar-refractivity contribution in [3.8, 4) is 22.3 Å². The lowest BCUT2D eigenvalue weighted by atomic mass is 9.70. The highest BCUT2D eigenvalue weighted by Crippen LogP contribution is 2.42. The summed E-state index contributed by atoms with van der Waals surface area (Å²) in [6, 6.07) is 15.9. The maximum Gasteiger partial charge on any atom is 0.166 e. The first-order chi connectivity index (χ1) is 21.0. The highest BCUT2D eigenvalue weighted by Gasteiger charge is 2.28. The molecule has 1 unspecified atom stereocenters. The molecule has 3 heteroatoms. The fourth-order valence-corrected chi connectivity index (χ4v) is 7.37. The first kappa shape index (κ1) is 31.4. The van der Waals surface area contributed by atoms with Crippen LogP contribution in [0.5, 0.6) is 0 Å². The van der Waals surface area contributed by atoms with Crippen LogP contribution in [0.1, 0.15) is 102 Å². The molecule has 0 amide bonds. The molecule has 0 radical (unpaired) electrons. The van der Waals surface area contributed by atoms with Crippen molar-refractivity contribution in [2.75, 3.05) is 0 Å². The molecule has 0 aromatic heterocycles. The molecule has 3 aromatic rings. The molecule has 0 saturated heterocycles. The van der Waals surface area contributed by atoms with E-state index in [0.29, 0.717) is 29.5 Å². The zero-order valence-electron chi connectivity index (χ0n) is 26.0. The van der Waals surface area contributed by atoms with Gasteiger partial charge in [-0.05, 0) is 104 Å². The summed E-state index contributed by atoms with van der Waals surface area (Å²) in [5.74, 6) is 0.700. The van der Waals surface area contributed by atoms with E-state index in [-0.39, 0.29) is 11.4 Å². The van der Waals surface area contributed by atoms with Crippen LogP contribution in [-0.2, 0) is 6.42 Å². The van der Waals surface area contributed by atoms with Crippen LogP contribution < -0.4 is 0 Å². The molecule has 0 spiro atoms. The summed E-state index contributed by atoms with van der Waals surface area (Å²) in [7, 11) is 0. The molecule has 5 rings (SSSR count).